The molecule has 1 aromatic rings. The van der Waals surface area contributed by atoms with Crippen LogP contribution in [-0.4, -0.2) is 23.2 Å². The summed E-state index contributed by atoms with van der Waals surface area (Å²) in [7, 11) is -4.89. The molecular formula is C6H9N3O6S. The second-order valence-electron chi connectivity index (χ2n) is 2.78. The molecule has 90 valence electrons. The van der Waals surface area contributed by atoms with Gasteiger partial charge in [0.1, 0.15) is 17.1 Å². The van der Waals surface area contributed by atoms with E-state index < -0.39 is 44.7 Å². The average molecular weight is 251 g/mol. The van der Waals surface area contributed by atoms with Gasteiger partial charge in [0.15, 0.2) is 17.2 Å². The third kappa shape index (κ3) is 1.97. The molecule has 0 saturated heterocycles. The molecular weight excluding hydrogens is 242 g/mol. The first-order valence-electron chi connectivity index (χ1n) is 3.70. The van der Waals surface area contributed by atoms with Crippen LogP contribution >= 0.6 is 0 Å². The molecule has 0 aromatic heterocycles. The Morgan fingerprint density at radius 3 is 1.62 bits per heavy atom. The van der Waals surface area contributed by atoms with Crippen LogP contribution in [0.5, 0.6) is 17.2 Å². The minimum Gasteiger partial charge on any atom is -0.504 e. The summed E-state index contributed by atoms with van der Waals surface area (Å²) < 4.78 is 33.3. The maximum atomic E-state index is 10.4. The van der Waals surface area contributed by atoms with Gasteiger partial charge in [-0.05, 0) is 0 Å². The zero-order valence-electron chi connectivity index (χ0n) is 7.71. The topological polar surface area (TPSA) is 182 Å². The molecule has 9 N–H and O–H groups in total. The Morgan fingerprint density at radius 1 is 0.938 bits per heavy atom. The van der Waals surface area contributed by atoms with E-state index >= 15 is 0 Å². The van der Waals surface area contributed by atoms with Crippen LogP contribution in [0.25, 0.3) is 0 Å². The average Bonchev–Trinajstić information content (AvgIpc) is 2.17. The summed E-state index contributed by atoms with van der Waals surface area (Å²) in [5.41, 5.74) is 13.9. The van der Waals surface area contributed by atoms with Gasteiger partial charge in [-0.3, -0.25) is 4.55 Å². The van der Waals surface area contributed by atoms with Gasteiger partial charge in [0.05, 0.1) is 0 Å². The Hall–Kier alpha value is -2.07. The first-order chi connectivity index (χ1) is 7.15. The molecule has 0 spiro atoms. The molecule has 0 unspecified atom stereocenters. The molecule has 1 rings (SSSR count). The maximum absolute atomic E-state index is 10.4. The second kappa shape index (κ2) is 3.50. The zero-order chi connectivity index (χ0) is 12.7. The van der Waals surface area contributed by atoms with Gasteiger partial charge in [-0.25, -0.2) is 0 Å². The Labute approximate surface area is 90.0 Å². The molecule has 0 aliphatic heterocycles. The van der Waals surface area contributed by atoms with Gasteiger partial charge in [0.2, 0.25) is 0 Å². The Balaban J connectivity index is 3.52. The lowest BCUT2D eigenvalue weighted by Gasteiger charge is -2.13. The monoisotopic (exact) mass is 251 g/mol. The van der Waals surface area contributed by atoms with E-state index in [1.807, 2.05) is 0 Å². The van der Waals surface area contributed by atoms with Gasteiger partial charge in [0, 0.05) is 0 Å². The van der Waals surface area contributed by atoms with Crippen LogP contribution in [0.4, 0.5) is 17.1 Å². The zero-order valence-corrected chi connectivity index (χ0v) is 8.52. The predicted molar refractivity (Wildman–Crippen MR) is 55.2 cm³/mol. The summed E-state index contributed by atoms with van der Waals surface area (Å²) in [6.07, 6.45) is 0. The number of anilines is 3. The number of nitrogen functional groups attached to an aromatic ring is 3. The fraction of sp³-hybridized carbons (Fsp3) is 0. The lowest BCUT2D eigenvalue weighted by atomic mass is 10.2. The van der Waals surface area contributed by atoms with Crippen LogP contribution in [0.15, 0.2) is 0 Å². The molecule has 10 heteroatoms. The standard InChI is InChI=1S/C6H9N3O6S/c7-1-4(10)2(8)6(3(9)5(1)11)15-16(12,13)14/h10-11H,7-9H2,(H,12,13,14). The molecule has 0 atom stereocenters. The highest BCUT2D eigenvalue weighted by molar-refractivity contribution is 7.81. The smallest absolute Gasteiger partial charge is 0.446 e. The van der Waals surface area contributed by atoms with Gasteiger partial charge in [-0.15, -0.1) is 0 Å². The molecule has 0 amide bonds. The van der Waals surface area contributed by atoms with Crippen LogP contribution in [0.3, 0.4) is 0 Å². The minimum atomic E-state index is -4.89. The van der Waals surface area contributed by atoms with E-state index in [9.17, 15) is 18.6 Å². The molecule has 0 bridgehead atoms. The summed E-state index contributed by atoms with van der Waals surface area (Å²) in [6.45, 7) is 0. The summed E-state index contributed by atoms with van der Waals surface area (Å²) in [5, 5.41) is 18.5. The SMILES string of the molecule is Nc1c(O)c(N)c(OS(=O)(=O)O)c(N)c1O. The molecule has 0 heterocycles. The Bertz CT molecular complexity index is 511. The van der Waals surface area contributed by atoms with E-state index in [0.717, 1.165) is 0 Å². The number of phenolic OH excluding ortho intramolecular Hbond substituents is 2. The number of aromatic hydroxyl groups is 2. The lowest BCUT2D eigenvalue weighted by Crippen LogP contribution is -2.11. The van der Waals surface area contributed by atoms with E-state index in [1.54, 1.807) is 0 Å². The van der Waals surface area contributed by atoms with Crippen LogP contribution in [0.1, 0.15) is 0 Å². The predicted octanol–water partition coefficient (Wildman–Crippen LogP) is -0.974. The number of hydrogen-bond acceptors (Lipinski definition) is 8. The van der Waals surface area contributed by atoms with Crippen molar-refractivity contribution in [1.82, 2.24) is 0 Å². The largest absolute Gasteiger partial charge is 0.504 e. The second-order valence-corrected chi connectivity index (χ2v) is 3.80. The summed E-state index contributed by atoms with van der Waals surface area (Å²) in [4.78, 5) is 0. The van der Waals surface area contributed by atoms with Crippen molar-refractivity contribution in [1.29, 1.82) is 0 Å². The van der Waals surface area contributed by atoms with Crippen molar-refractivity contribution in [2.45, 2.75) is 0 Å². The molecule has 9 nitrogen and oxygen atoms in total. The minimum absolute atomic E-state index is 0.530. The molecule has 0 saturated carbocycles. The third-order valence-electron chi connectivity index (χ3n) is 1.70. The molecule has 0 aliphatic carbocycles. The van der Waals surface area contributed by atoms with Gasteiger partial charge in [-0.1, -0.05) is 0 Å². The van der Waals surface area contributed by atoms with Crippen LogP contribution in [0, 0.1) is 0 Å². The van der Waals surface area contributed by atoms with Gasteiger partial charge < -0.3 is 31.6 Å². The van der Waals surface area contributed by atoms with Crippen molar-refractivity contribution in [3.8, 4) is 17.2 Å². The van der Waals surface area contributed by atoms with Crippen molar-refractivity contribution in [3.63, 3.8) is 0 Å². The number of hydrogen-bond donors (Lipinski definition) is 6. The number of rotatable bonds is 2. The molecule has 0 aliphatic rings. The quantitative estimate of drug-likeness (QED) is 0.166. The van der Waals surface area contributed by atoms with E-state index in [0.29, 0.717) is 0 Å². The van der Waals surface area contributed by atoms with Crippen molar-refractivity contribution in [2.75, 3.05) is 17.2 Å². The third-order valence-corrected chi connectivity index (χ3v) is 2.08. The van der Waals surface area contributed by atoms with E-state index in [4.69, 9.17) is 21.8 Å². The number of phenols is 2. The molecule has 16 heavy (non-hydrogen) atoms. The molecule has 1 aromatic carbocycles. The van der Waals surface area contributed by atoms with Gasteiger partial charge >= 0.3 is 10.4 Å². The summed E-state index contributed by atoms with van der Waals surface area (Å²) in [6, 6.07) is 0. The summed E-state index contributed by atoms with van der Waals surface area (Å²) >= 11 is 0. The Kier molecular flexibility index (Phi) is 2.63. The Morgan fingerprint density at radius 2 is 1.31 bits per heavy atom. The fourth-order valence-electron chi connectivity index (χ4n) is 0.958. The first kappa shape index (κ1) is 12.0. The van der Waals surface area contributed by atoms with E-state index in [-0.39, 0.29) is 0 Å². The van der Waals surface area contributed by atoms with Crippen molar-refractivity contribution in [2.24, 2.45) is 0 Å². The maximum Gasteiger partial charge on any atom is 0.446 e. The highest BCUT2D eigenvalue weighted by Gasteiger charge is 2.23. The molecule has 0 radical (unpaired) electrons. The van der Waals surface area contributed by atoms with Crippen molar-refractivity contribution in [3.05, 3.63) is 0 Å². The van der Waals surface area contributed by atoms with Gasteiger partial charge in [-0.2, -0.15) is 8.42 Å². The van der Waals surface area contributed by atoms with Gasteiger partial charge in [0.25, 0.3) is 0 Å². The normalized spacial score (nSPS) is 11.3. The highest BCUT2D eigenvalue weighted by atomic mass is 32.3. The number of benzene rings is 1. The lowest BCUT2D eigenvalue weighted by molar-refractivity contribution is 0.385. The van der Waals surface area contributed by atoms with Crippen LogP contribution < -0.4 is 21.4 Å². The summed E-state index contributed by atoms with van der Waals surface area (Å²) in [5.74, 6) is -2.40. The van der Waals surface area contributed by atoms with Crippen molar-refractivity contribution >= 4 is 27.5 Å². The van der Waals surface area contributed by atoms with Crippen LogP contribution in [0.2, 0.25) is 0 Å². The first-order valence-corrected chi connectivity index (χ1v) is 5.07. The fourth-order valence-corrected chi connectivity index (χ4v) is 1.35. The van der Waals surface area contributed by atoms with Crippen molar-refractivity contribution < 1.29 is 27.4 Å². The molecule has 0 fully saturated rings. The number of nitrogens with two attached hydrogens (primary N) is 3. The van der Waals surface area contributed by atoms with E-state index in [1.165, 1.54) is 0 Å². The van der Waals surface area contributed by atoms with E-state index in [2.05, 4.69) is 4.18 Å². The highest BCUT2D eigenvalue weighted by Crippen LogP contribution is 2.48. The van der Waals surface area contributed by atoms with Crippen LogP contribution in [-0.2, 0) is 10.4 Å².